The lowest BCUT2D eigenvalue weighted by molar-refractivity contribution is 0.0929. The number of carbonyl (C=O) groups excluding carboxylic acids is 1. The summed E-state index contributed by atoms with van der Waals surface area (Å²) in [6.07, 6.45) is 7.19. The summed E-state index contributed by atoms with van der Waals surface area (Å²) in [7, 11) is 0. The van der Waals surface area contributed by atoms with Crippen molar-refractivity contribution in [1.82, 2.24) is 9.38 Å². The Morgan fingerprint density at radius 3 is 2.80 bits per heavy atom. The molecule has 0 atom stereocenters. The molecule has 2 aromatic heterocycles. The van der Waals surface area contributed by atoms with E-state index in [1.165, 1.54) is 0 Å². The van der Waals surface area contributed by atoms with Gasteiger partial charge in [-0.2, -0.15) is 4.98 Å². The molecule has 0 saturated heterocycles. The van der Waals surface area contributed by atoms with E-state index in [1.54, 1.807) is 4.40 Å². The molecule has 0 bridgehead atoms. The summed E-state index contributed by atoms with van der Waals surface area (Å²) < 4.78 is 7.77. The number of ether oxygens (including phenoxy) is 1. The third kappa shape index (κ3) is 2.42. The van der Waals surface area contributed by atoms with E-state index in [9.17, 15) is 4.79 Å². The Morgan fingerprint density at radius 2 is 2.10 bits per heavy atom. The van der Waals surface area contributed by atoms with Crippen LogP contribution in [0.5, 0.6) is 5.88 Å². The van der Waals surface area contributed by atoms with E-state index in [1.807, 2.05) is 24.4 Å². The van der Waals surface area contributed by atoms with E-state index in [4.69, 9.17) is 4.74 Å². The van der Waals surface area contributed by atoms with Gasteiger partial charge in [0.1, 0.15) is 17.4 Å². The summed E-state index contributed by atoms with van der Waals surface area (Å²) >= 11 is 0. The minimum absolute atomic E-state index is 0.173. The zero-order valence-corrected chi connectivity index (χ0v) is 12.0. The maximum absolute atomic E-state index is 11.3. The molecule has 4 heteroatoms. The van der Waals surface area contributed by atoms with Gasteiger partial charge in [-0.1, -0.05) is 19.9 Å². The minimum atomic E-state index is 0.173. The molecule has 2 heterocycles. The van der Waals surface area contributed by atoms with E-state index in [0.29, 0.717) is 17.0 Å². The molecule has 0 aliphatic heterocycles. The van der Waals surface area contributed by atoms with Crippen molar-refractivity contribution < 1.29 is 9.53 Å². The van der Waals surface area contributed by atoms with Crippen molar-refractivity contribution in [2.75, 3.05) is 0 Å². The van der Waals surface area contributed by atoms with Crippen LogP contribution >= 0.6 is 0 Å². The van der Waals surface area contributed by atoms with Crippen LogP contribution in [0.3, 0.4) is 0 Å². The lowest BCUT2D eigenvalue weighted by atomic mass is 9.76. The first kappa shape index (κ1) is 13.2. The molecule has 3 rings (SSSR count). The standard InChI is InChI=1S/C16H20N2O2/c1-16(2)8-6-12(7-9-16)20-15-13(11-19)18-10-4-3-5-14(18)17-15/h3-5,10-12H,6-9H2,1-2H3. The highest BCUT2D eigenvalue weighted by Gasteiger charge is 2.29. The highest BCUT2D eigenvalue weighted by atomic mass is 16.5. The van der Waals surface area contributed by atoms with Crippen LogP contribution in [0.4, 0.5) is 0 Å². The molecule has 0 spiro atoms. The van der Waals surface area contributed by atoms with Gasteiger partial charge in [0, 0.05) is 6.20 Å². The summed E-state index contributed by atoms with van der Waals surface area (Å²) in [6, 6.07) is 5.67. The zero-order chi connectivity index (χ0) is 14.2. The van der Waals surface area contributed by atoms with Crippen molar-refractivity contribution >= 4 is 11.9 Å². The number of hydrogen-bond donors (Lipinski definition) is 0. The Kier molecular flexibility index (Phi) is 3.24. The molecule has 1 aliphatic carbocycles. The van der Waals surface area contributed by atoms with E-state index < -0.39 is 0 Å². The molecule has 0 N–H and O–H groups in total. The molecule has 0 unspecified atom stereocenters. The SMILES string of the molecule is CC1(C)CCC(Oc2nc3ccccn3c2C=O)CC1. The first-order valence-corrected chi connectivity index (χ1v) is 7.18. The van der Waals surface area contributed by atoms with Gasteiger partial charge in [-0.05, 0) is 43.2 Å². The number of aldehydes is 1. The predicted molar refractivity (Wildman–Crippen MR) is 77.2 cm³/mol. The minimum Gasteiger partial charge on any atom is -0.473 e. The molecule has 106 valence electrons. The van der Waals surface area contributed by atoms with Crippen LogP contribution in [0.15, 0.2) is 24.4 Å². The van der Waals surface area contributed by atoms with Crippen LogP contribution in [-0.2, 0) is 0 Å². The summed E-state index contributed by atoms with van der Waals surface area (Å²) in [4.78, 5) is 15.7. The third-order valence-electron chi connectivity index (χ3n) is 4.21. The van der Waals surface area contributed by atoms with Crippen LogP contribution in [0.1, 0.15) is 50.0 Å². The average molecular weight is 272 g/mol. The predicted octanol–water partition coefficient (Wildman–Crippen LogP) is 3.49. The summed E-state index contributed by atoms with van der Waals surface area (Å²) in [5.74, 6) is 0.468. The van der Waals surface area contributed by atoms with Crippen LogP contribution in [0.2, 0.25) is 0 Å². The van der Waals surface area contributed by atoms with Crippen molar-refractivity contribution in [2.24, 2.45) is 5.41 Å². The largest absolute Gasteiger partial charge is 0.473 e. The van der Waals surface area contributed by atoms with Crippen molar-refractivity contribution in [3.05, 3.63) is 30.1 Å². The van der Waals surface area contributed by atoms with Gasteiger partial charge in [0.2, 0.25) is 5.88 Å². The molecule has 1 saturated carbocycles. The van der Waals surface area contributed by atoms with Gasteiger partial charge in [0.15, 0.2) is 6.29 Å². The fourth-order valence-electron chi connectivity index (χ4n) is 2.84. The maximum Gasteiger partial charge on any atom is 0.244 e. The van der Waals surface area contributed by atoms with Gasteiger partial charge >= 0.3 is 0 Å². The van der Waals surface area contributed by atoms with E-state index in [2.05, 4.69) is 18.8 Å². The monoisotopic (exact) mass is 272 g/mol. The quantitative estimate of drug-likeness (QED) is 0.803. The van der Waals surface area contributed by atoms with E-state index >= 15 is 0 Å². The fraction of sp³-hybridized carbons (Fsp3) is 0.500. The van der Waals surface area contributed by atoms with Crippen molar-refractivity contribution in [3.63, 3.8) is 0 Å². The maximum atomic E-state index is 11.3. The first-order valence-electron chi connectivity index (χ1n) is 7.18. The number of aromatic nitrogens is 2. The molecule has 0 amide bonds. The van der Waals surface area contributed by atoms with Gasteiger partial charge in [-0.15, -0.1) is 0 Å². The third-order valence-corrected chi connectivity index (χ3v) is 4.21. The van der Waals surface area contributed by atoms with Crippen LogP contribution in [-0.4, -0.2) is 21.8 Å². The first-order chi connectivity index (χ1) is 9.59. The van der Waals surface area contributed by atoms with Gasteiger partial charge < -0.3 is 4.74 Å². The van der Waals surface area contributed by atoms with Gasteiger partial charge in [-0.25, -0.2) is 0 Å². The number of carbonyl (C=O) groups is 1. The molecule has 0 aromatic carbocycles. The molecule has 20 heavy (non-hydrogen) atoms. The average Bonchev–Trinajstić information content (AvgIpc) is 2.78. The van der Waals surface area contributed by atoms with Gasteiger partial charge in [-0.3, -0.25) is 9.20 Å². The second-order valence-corrected chi connectivity index (χ2v) is 6.33. The molecule has 1 fully saturated rings. The van der Waals surface area contributed by atoms with Crippen molar-refractivity contribution in [3.8, 4) is 5.88 Å². The summed E-state index contributed by atoms with van der Waals surface area (Å²) in [5, 5.41) is 0. The molecule has 1 aliphatic rings. The number of rotatable bonds is 3. The smallest absolute Gasteiger partial charge is 0.244 e. The lowest BCUT2D eigenvalue weighted by Gasteiger charge is -2.33. The van der Waals surface area contributed by atoms with E-state index in [0.717, 1.165) is 37.6 Å². The molecule has 0 radical (unpaired) electrons. The molecular formula is C16H20N2O2. The van der Waals surface area contributed by atoms with Crippen LogP contribution in [0.25, 0.3) is 5.65 Å². The number of nitrogens with zero attached hydrogens (tertiary/aromatic N) is 2. The van der Waals surface area contributed by atoms with Crippen LogP contribution < -0.4 is 4.74 Å². The fourth-order valence-corrected chi connectivity index (χ4v) is 2.84. The normalized spacial score (nSPS) is 19.1. The van der Waals surface area contributed by atoms with Gasteiger partial charge in [0.25, 0.3) is 0 Å². The van der Waals surface area contributed by atoms with Crippen molar-refractivity contribution in [2.45, 2.75) is 45.6 Å². The van der Waals surface area contributed by atoms with Gasteiger partial charge in [0.05, 0.1) is 0 Å². The second kappa shape index (κ2) is 4.93. The number of imidazole rings is 1. The summed E-state index contributed by atoms with van der Waals surface area (Å²) in [6.45, 7) is 4.59. The molecular weight excluding hydrogens is 252 g/mol. The number of fused-ring (bicyclic) bond motifs is 1. The Morgan fingerprint density at radius 1 is 1.35 bits per heavy atom. The molecule has 2 aromatic rings. The Bertz CT molecular complexity index is 620. The Labute approximate surface area is 118 Å². The number of hydrogen-bond acceptors (Lipinski definition) is 3. The topological polar surface area (TPSA) is 43.6 Å². The molecule has 4 nitrogen and oxygen atoms in total. The van der Waals surface area contributed by atoms with Crippen molar-refractivity contribution in [1.29, 1.82) is 0 Å². The zero-order valence-electron chi connectivity index (χ0n) is 12.0. The Hall–Kier alpha value is -1.84. The highest BCUT2D eigenvalue weighted by Crippen LogP contribution is 2.36. The Balaban J connectivity index is 1.83. The summed E-state index contributed by atoms with van der Waals surface area (Å²) in [5.41, 5.74) is 1.66. The number of pyridine rings is 1. The van der Waals surface area contributed by atoms with E-state index in [-0.39, 0.29) is 6.10 Å². The van der Waals surface area contributed by atoms with Crippen LogP contribution in [0, 0.1) is 5.41 Å². The second-order valence-electron chi connectivity index (χ2n) is 6.33. The highest BCUT2D eigenvalue weighted by molar-refractivity contribution is 5.78. The lowest BCUT2D eigenvalue weighted by Crippen LogP contribution is -2.28.